The van der Waals surface area contributed by atoms with Crippen molar-refractivity contribution in [2.24, 2.45) is 11.3 Å². The van der Waals surface area contributed by atoms with Gasteiger partial charge in [-0.15, -0.1) is 12.4 Å². The highest BCUT2D eigenvalue weighted by Gasteiger charge is 2.58. The number of nitrogens with zero attached hydrogens (tertiary/aromatic N) is 1. The average molecular weight is 371 g/mol. The van der Waals surface area contributed by atoms with E-state index in [1.807, 2.05) is 24.1 Å². The molecule has 0 bridgehead atoms. The van der Waals surface area contributed by atoms with Crippen LogP contribution in [0.25, 0.3) is 0 Å². The molecule has 1 heterocycles. The molecule has 1 spiro atoms. The maximum Gasteiger partial charge on any atom is 0.226 e. The quantitative estimate of drug-likeness (QED) is 0.864. The number of benzene rings is 1. The van der Waals surface area contributed by atoms with Crippen molar-refractivity contribution in [3.8, 4) is 0 Å². The molecule has 3 atom stereocenters. The molecular weight excluding hydrogens is 343 g/mol. The van der Waals surface area contributed by atoms with Gasteiger partial charge in [0.1, 0.15) is 0 Å². The van der Waals surface area contributed by atoms with Crippen molar-refractivity contribution in [1.29, 1.82) is 0 Å². The van der Waals surface area contributed by atoms with E-state index in [4.69, 9.17) is 11.6 Å². The van der Waals surface area contributed by atoms with E-state index in [9.17, 15) is 4.79 Å². The van der Waals surface area contributed by atoms with Crippen LogP contribution in [-0.4, -0.2) is 37.0 Å². The fourth-order valence-corrected chi connectivity index (χ4v) is 4.13. The molecule has 2 fully saturated rings. The standard InChI is InChI=1S/C19H27ClN2O.ClH/c1-13(15-4-6-16(20)7-5-15)14(2)22(3)18(23)17-12-19(17)8-10-21-11-9-19;/h4-7,13-14,17,21H,8-12H2,1-3H3;1H. The first kappa shape index (κ1) is 19.6. The second kappa shape index (κ2) is 7.63. The molecule has 3 unspecified atom stereocenters. The fourth-order valence-electron chi connectivity index (χ4n) is 4.00. The number of nitrogens with one attached hydrogen (secondary N) is 1. The summed E-state index contributed by atoms with van der Waals surface area (Å²) in [5, 5.41) is 4.15. The van der Waals surface area contributed by atoms with Crippen molar-refractivity contribution in [2.45, 2.75) is 45.1 Å². The third kappa shape index (κ3) is 3.74. The lowest BCUT2D eigenvalue weighted by Crippen LogP contribution is -2.41. The highest BCUT2D eigenvalue weighted by atomic mass is 35.5. The molecule has 24 heavy (non-hydrogen) atoms. The molecule has 1 aromatic rings. The SMILES string of the molecule is CC(c1ccc(Cl)cc1)C(C)N(C)C(=O)C1CC12CCNCC2.Cl. The summed E-state index contributed by atoms with van der Waals surface area (Å²) in [7, 11) is 1.96. The fraction of sp³-hybridized carbons (Fsp3) is 0.632. The van der Waals surface area contributed by atoms with Gasteiger partial charge in [0.15, 0.2) is 0 Å². The number of hydrogen-bond donors (Lipinski definition) is 1. The lowest BCUT2D eigenvalue weighted by molar-refractivity contribution is -0.134. The van der Waals surface area contributed by atoms with Crippen molar-refractivity contribution in [2.75, 3.05) is 20.1 Å². The molecule has 134 valence electrons. The van der Waals surface area contributed by atoms with E-state index in [0.717, 1.165) is 37.4 Å². The van der Waals surface area contributed by atoms with Crippen LogP contribution < -0.4 is 5.32 Å². The maximum atomic E-state index is 12.9. The van der Waals surface area contributed by atoms with Gasteiger partial charge in [-0.1, -0.05) is 30.7 Å². The highest BCUT2D eigenvalue weighted by Crippen LogP contribution is 2.59. The lowest BCUT2D eigenvalue weighted by Gasteiger charge is -2.32. The molecule has 3 rings (SSSR count). The number of likely N-dealkylation sites (N-methyl/N-ethyl adjacent to an activating group) is 1. The Morgan fingerprint density at radius 3 is 2.42 bits per heavy atom. The Kier molecular flexibility index (Phi) is 6.22. The summed E-state index contributed by atoms with van der Waals surface area (Å²) in [6.07, 6.45) is 3.39. The molecule has 1 aliphatic carbocycles. The van der Waals surface area contributed by atoms with Gasteiger partial charge in [0.05, 0.1) is 0 Å². The summed E-state index contributed by atoms with van der Waals surface area (Å²) in [6.45, 7) is 6.45. The van der Waals surface area contributed by atoms with Gasteiger partial charge in [0.2, 0.25) is 5.91 Å². The normalized spacial score (nSPS) is 23.9. The zero-order valence-corrected chi connectivity index (χ0v) is 16.3. The second-order valence-electron chi connectivity index (χ2n) is 7.40. The van der Waals surface area contributed by atoms with E-state index in [1.165, 1.54) is 5.56 Å². The minimum absolute atomic E-state index is 0. The molecule has 1 amide bonds. The van der Waals surface area contributed by atoms with Gasteiger partial charge >= 0.3 is 0 Å². The van der Waals surface area contributed by atoms with Gasteiger partial charge < -0.3 is 10.2 Å². The zero-order chi connectivity index (χ0) is 16.6. The van der Waals surface area contributed by atoms with Crippen LogP contribution in [-0.2, 0) is 4.79 Å². The van der Waals surface area contributed by atoms with Gasteiger partial charge in [-0.3, -0.25) is 4.79 Å². The molecule has 3 nitrogen and oxygen atoms in total. The van der Waals surface area contributed by atoms with Crippen LogP contribution in [0.4, 0.5) is 0 Å². The summed E-state index contributed by atoms with van der Waals surface area (Å²) in [6, 6.07) is 8.16. The van der Waals surface area contributed by atoms with Crippen molar-refractivity contribution in [1.82, 2.24) is 10.2 Å². The largest absolute Gasteiger partial charge is 0.342 e. The van der Waals surface area contributed by atoms with Crippen LogP contribution in [0, 0.1) is 11.3 Å². The van der Waals surface area contributed by atoms with Gasteiger partial charge in [-0.05, 0) is 62.4 Å². The van der Waals surface area contributed by atoms with E-state index >= 15 is 0 Å². The van der Waals surface area contributed by atoms with Crippen molar-refractivity contribution in [3.63, 3.8) is 0 Å². The number of rotatable bonds is 4. The summed E-state index contributed by atoms with van der Waals surface area (Å²) in [5.41, 5.74) is 1.54. The highest BCUT2D eigenvalue weighted by molar-refractivity contribution is 6.30. The number of halogens is 2. The molecule has 1 saturated heterocycles. The Hall–Kier alpha value is -0.770. The smallest absolute Gasteiger partial charge is 0.226 e. The van der Waals surface area contributed by atoms with Crippen LogP contribution in [0.3, 0.4) is 0 Å². The minimum atomic E-state index is 0. The number of amides is 1. The van der Waals surface area contributed by atoms with Gasteiger partial charge in [0.25, 0.3) is 0 Å². The molecule has 0 aromatic heterocycles. The van der Waals surface area contributed by atoms with E-state index in [2.05, 4.69) is 31.3 Å². The second-order valence-corrected chi connectivity index (χ2v) is 7.84. The summed E-state index contributed by atoms with van der Waals surface area (Å²) in [5.74, 6) is 0.874. The van der Waals surface area contributed by atoms with Crippen LogP contribution in [0.15, 0.2) is 24.3 Å². The zero-order valence-electron chi connectivity index (χ0n) is 14.7. The van der Waals surface area contributed by atoms with E-state index in [-0.39, 0.29) is 24.4 Å². The van der Waals surface area contributed by atoms with Crippen molar-refractivity contribution in [3.05, 3.63) is 34.9 Å². The first-order valence-corrected chi connectivity index (χ1v) is 9.05. The molecule has 1 saturated carbocycles. The van der Waals surface area contributed by atoms with Gasteiger partial charge in [-0.2, -0.15) is 0 Å². The molecule has 2 aliphatic rings. The first-order valence-electron chi connectivity index (χ1n) is 8.67. The summed E-state index contributed by atoms with van der Waals surface area (Å²) < 4.78 is 0. The van der Waals surface area contributed by atoms with Gasteiger partial charge in [-0.25, -0.2) is 0 Å². The number of hydrogen-bond acceptors (Lipinski definition) is 2. The Morgan fingerprint density at radius 2 is 1.83 bits per heavy atom. The molecule has 5 heteroatoms. The Morgan fingerprint density at radius 1 is 1.25 bits per heavy atom. The van der Waals surface area contributed by atoms with Crippen molar-refractivity contribution < 1.29 is 4.79 Å². The summed E-state index contributed by atoms with van der Waals surface area (Å²) >= 11 is 5.97. The van der Waals surface area contributed by atoms with E-state index in [0.29, 0.717) is 17.2 Å². The van der Waals surface area contributed by atoms with Crippen LogP contribution >= 0.6 is 24.0 Å². The van der Waals surface area contributed by atoms with E-state index < -0.39 is 0 Å². The third-order valence-corrected chi connectivity index (χ3v) is 6.42. The third-order valence-electron chi connectivity index (χ3n) is 6.17. The van der Waals surface area contributed by atoms with E-state index in [1.54, 1.807) is 0 Å². The molecular formula is C19H28Cl2N2O. The van der Waals surface area contributed by atoms with Crippen LogP contribution in [0.1, 0.15) is 44.6 Å². The molecule has 0 radical (unpaired) electrons. The number of carbonyl (C=O) groups is 1. The monoisotopic (exact) mass is 370 g/mol. The molecule has 1 aromatic carbocycles. The minimum Gasteiger partial charge on any atom is -0.342 e. The predicted molar refractivity (Wildman–Crippen MR) is 102 cm³/mol. The average Bonchev–Trinajstić information content (AvgIpc) is 3.26. The number of piperidine rings is 1. The van der Waals surface area contributed by atoms with Crippen LogP contribution in [0.2, 0.25) is 5.02 Å². The number of carbonyl (C=O) groups excluding carboxylic acids is 1. The topological polar surface area (TPSA) is 32.3 Å². The Labute approximate surface area is 156 Å². The lowest BCUT2D eigenvalue weighted by atomic mass is 9.90. The van der Waals surface area contributed by atoms with Crippen LogP contribution in [0.5, 0.6) is 0 Å². The van der Waals surface area contributed by atoms with Gasteiger partial charge in [0, 0.05) is 29.9 Å². The Balaban J connectivity index is 0.00000208. The predicted octanol–water partition coefficient (Wildman–Crippen LogP) is 4.10. The molecule has 1 N–H and O–H groups in total. The maximum absolute atomic E-state index is 12.9. The Bertz CT molecular complexity index is 569. The first-order chi connectivity index (χ1) is 10.9. The molecule has 1 aliphatic heterocycles. The van der Waals surface area contributed by atoms with Crippen molar-refractivity contribution >= 4 is 29.9 Å². The summed E-state index contributed by atoms with van der Waals surface area (Å²) in [4.78, 5) is 14.9.